The van der Waals surface area contributed by atoms with Crippen molar-refractivity contribution >= 4 is 11.9 Å². The molecule has 0 radical (unpaired) electrons. The van der Waals surface area contributed by atoms with Crippen LogP contribution in [0.15, 0.2) is 16.5 Å². The van der Waals surface area contributed by atoms with Gasteiger partial charge in [0.25, 0.3) is 0 Å². The van der Waals surface area contributed by atoms with Gasteiger partial charge in [-0.05, 0) is 6.07 Å². The average Bonchev–Trinajstić information content (AvgIpc) is 2.68. The van der Waals surface area contributed by atoms with Crippen LogP contribution in [-0.4, -0.2) is 37.3 Å². The maximum atomic E-state index is 10.6. The van der Waals surface area contributed by atoms with Crippen molar-refractivity contribution in [1.82, 2.24) is 5.32 Å². The Balaban J connectivity index is 2.11. The SMILES string of the molecule is O=C(O)c1ccc(N2CCNCC2)o1. The Hall–Kier alpha value is -1.49. The van der Waals surface area contributed by atoms with Crippen LogP contribution in [-0.2, 0) is 0 Å². The molecule has 0 aliphatic carbocycles. The van der Waals surface area contributed by atoms with Crippen LogP contribution >= 0.6 is 0 Å². The number of furan rings is 1. The number of nitrogens with one attached hydrogen (secondary N) is 1. The van der Waals surface area contributed by atoms with Gasteiger partial charge in [0.2, 0.25) is 5.76 Å². The van der Waals surface area contributed by atoms with Gasteiger partial charge in [-0.3, -0.25) is 0 Å². The Labute approximate surface area is 81.3 Å². The van der Waals surface area contributed by atoms with Crippen LogP contribution < -0.4 is 10.2 Å². The summed E-state index contributed by atoms with van der Waals surface area (Å²) in [6.45, 7) is 3.52. The molecule has 0 saturated carbocycles. The predicted molar refractivity (Wildman–Crippen MR) is 50.8 cm³/mol. The Kier molecular flexibility index (Phi) is 2.41. The summed E-state index contributed by atoms with van der Waals surface area (Å²) >= 11 is 0. The highest BCUT2D eigenvalue weighted by atomic mass is 16.4. The average molecular weight is 196 g/mol. The molecule has 2 N–H and O–H groups in total. The molecule has 1 saturated heterocycles. The normalized spacial score (nSPS) is 17.0. The summed E-state index contributed by atoms with van der Waals surface area (Å²) in [6.07, 6.45) is 0. The van der Waals surface area contributed by atoms with Gasteiger partial charge in [0.15, 0.2) is 5.88 Å². The van der Waals surface area contributed by atoms with E-state index in [0.717, 1.165) is 26.2 Å². The summed E-state index contributed by atoms with van der Waals surface area (Å²) in [4.78, 5) is 12.6. The molecule has 14 heavy (non-hydrogen) atoms. The molecule has 5 heteroatoms. The maximum absolute atomic E-state index is 10.6. The number of rotatable bonds is 2. The number of aromatic carboxylic acids is 1. The molecule has 0 aromatic carbocycles. The largest absolute Gasteiger partial charge is 0.475 e. The first-order valence-electron chi connectivity index (χ1n) is 4.56. The zero-order valence-corrected chi connectivity index (χ0v) is 7.69. The van der Waals surface area contributed by atoms with Gasteiger partial charge in [0.1, 0.15) is 0 Å². The minimum Gasteiger partial charge on any atom is -0.475 e. The van der Waals surface area contributed by atoms with E-state index in [9.17, 15) is 4.79 Å². The lowest BCUT2D eigenvalue weighted by molar-refractivity contribution is 0.0663. The van der Waals surface area contributed by atoms with Gasteiger partial charge >= 0.3 is 5.97 Å². The van der Waals surface area contributed by atoms with E-state index in [2.05, 4.69) is 5.32 Å². The number of hydrogen-bond donors (Lipinski definition) is 2. The minimum absolute atomic E-state index is 0.00136. The van der Waals surface area contributed by atoms with Crippen LogP contribution in [0.25, 0.3) is 0 Å². The Morgan fingerprint density at radius 3 is 2.71 bits per heavy atom. The first-order chi connectivity index (χ1) is 6.77. The van der Waals surface area contributed by atoms with Crippen molar-refractivity contribution < 1.29 is 14.3 Å². The number of piperazine rings is 1. The van der Waals surface area contributed by atoms with E-state index in [4.69, 9.17) is 9.52 Å². The summed E-state index contributed by atoms with van der Waals surface area (Å²) < 4.78 is 5.18. The Morgan fingerprint density at radius 2 is 2.14 bits per heavy atom. The van der Waals surface area contributed by atoms with Gasteiger partial charge in [-0.2, -0.15) is 0 Å². The topological polar surface area (TPSA) is 65.7 Å². The van der Waals surface area contributed by atoms with Crippen molar-refractivity contribution in [3.05, 3.63) is 17.9 Å². The first kappa shape index (κ1) is 9.08. The lowest BCUT2D eigenvalue weighted by Crippen LogP contribution is -2.43. The summed E-state index contributed by atoms with van der Waals surface area (Å²) in [5.41, 5.74) is 0. The predicted octanol–water partition coefficient (Wildman–Crippen LogP) is 0.387. The maximum Gasteiger partial charge on any atom is 0.371 e. The second-order valence-corrected chi connectivity index (χ2v) is 3.18. The second-order valence-electron chi connectivity index (χ2n) is 3.18. The van der Waals surface area contributed by atoms with Gasteiger partial charge in [0.05, 0.1) is 0 Å². The van der Waals surface area contributed by atoms with E-state index in [0.29, 0.717) is 5.88 Å². The number of anilines is 1. The van der Waals surface area contributed by atoms with Crippen LogP contribution in [0.5, 0.6) is 0 Å². The molecule has 1 aliphatic rings. The van der Waals surface area contributed by atoms with Crippen LogP contribution in [0, 0.1) is 0 Å². The van der Waals surface area contributed by atoms with Crippen molar-refractivity contribution in [2.24, 2.45) is 0 Å². The molecule has 0 bridgehead atoms. The fourth-order valence-corrected chi connectivity index (χ4v) is 1.50. The van der Waals surface area contributed by atoms with E-state index in [-0.39, 0.29) is 5.76 Å². The van der Waals surface area contributed by atoms with E-state index >= 15 is 0 Å². The highest BCUT2D eigenvalue weighted by Gasteiger charge is 2.15. The summed E-state index contributed by atoms with van der Waals surface area (Å²) in [7, 11) is 0. The fraction of sp³-hybridized carbons (Fsp3) is 0.444. The molecule has 1 aromatic heterocycles. The Morgan fingerprint density at radius 1 is 1.43 bits per heavy atom. The molecule has 0 unspecified atom stereocenters. The van der Waals surface area contributed by atoms with Crippen molar-refractivity contribution in [3.8, 4) is 0 Å². The van der Waals surface area contributed by atoms with Crippen molar-refractivity contribution in [3.63, 3.8) is 0 Å². The van der Waals surface area contributed by atoms with Gasteiger partial charge < -0.3 is 19.7 Å². The number of carboxylic acids is 1. The van der Waals surface area contributed by atoms with Crippen LogP contribution in [0.2, 0.25) is 0 Å². The molecule has 0 atom stereocenters. The molecule has 1 aliphatic heterocycles. The highest BCUT2D eigenvalue weighted by molar-refractivity contribution is 5.84. The van der Waals surface area contributed by atoms with Gasteiger partial charge in [-0.25, -0.2) is 4.79 Å². The van der Waals surface area contributed by atoms with Crippen LogP contribution in [0.4, 0.5) is 5.88 Å². The van der Waals surface area contributed by atoms with Crippen LogP contribution in [0.3, 0.4) is 0 Å². The molecule has 2 heterocycles. The van der Waals surface area contributed by atoms with E-state index in [1.54, 1.807) is 6.07 Å². The lowest BCUT2D eigenvalue weighted by Gasteiger charge is -2.26. The summed E-state index contributed by atoms with van der Waals surface area (Å²) in [5, 5.41) is 11.9. The fourth-order valence-electron chi connectivity index (χ4n) is 1.50. The molecular weight excluding hydrogens is 184 g/mol. The molecule has 76 valence electrons. The highest BCUT2D eigenvalue weighted by Crippen LogP contribution is 2.18. The number of hydrogen-bond acceptors (Lipinski definition) is 4. The van der Waals surface area contributed by atoms with E-state index in [1.807, 2.05) is 4.90 Å². The van der Waals surface area contributed by atoms with Crippen molar-refractivity contribution in [2.75, 3.05) is 31.1 Å². The Bertz CT molecular complexity index is 329. The third kappa shape index (κ3) is 1.72. The number of nitrogens with zero attached hydrogens (tertiary/aromatic N) is 1. The summed E-state index contributed by atoms with van der Waals surface area (Å²) in [6, 6.07) is 3.19. The number of carbonyl (C=O) groups is 1. The zero-order valence-electron chi connectivity index (χ0n) is 7.69. The third-order valence-corrected chi connectivity index (χ3v) is 2.23. The molecule has 0 amide bonds. The van der Waals surface area contributed by atoms with E-state index < -0.39 is 5.97 Å². The van der Waals surface area contributed by atoms with Gasteiger partial charge in [-0.15, -0.1) is 0 Å². The lowest BCUT2D eigenvalue weighted by atomic mass is 10.3. The minimum atomic E-state index is -1.02. The number of carboxylic acid groups (broad SMARTS) is 1. The molecule has 2 rings (SSSR count). The van der Waals surface area contributed by atoms with Gasteiger partial charge in [0, 0.05) is 32.2 Å². The van der Waals surface area contributed by atoms with E-state index in [1.165, 1.54) is 6.07 Å². The quantitative estimate of drug-likeness (QED) is 0.716. The molecule has 1 fully saturated rings. The van der Waals surface area contributed by atoms with Crippen LogP contribution in [0.1, 0.15) is 10.6 Å². The molecule has 1 aromatic rings. The standard InChI is InChI=1S/C9H12N2O3/c12-9(13)7-1-2-8(14-7)11-5-3-10-4-6-11/h1-2,10H,3-6H2,(H,12,13). The van der Waals surface area contributed by atoms with Crippen molar-refractivity contribution in [2.45, 2.75) is 0 Å². The third-order valence-electron chi connectivity index (χ3n) is 2.23. The zero-order chi connectivity index (χ0) is 9.97. The monoisotopic (exact) mass is 196 g/mol. The second kappa shape index (κ2) is 3.71. The van der Waals surface area contributed by atoms with Crippen molar-refractivity contribution in [1.29, 1.82) is 0 Å². The molecular formula is C9H12N2O3. The first-order valence-corrected chi connectivity index (χ1v) is 4.56. The van der Waals surface area contributed by atoms with Gasteiger partial charge in [-0.1, -0.05) is 0 Å². The molecule has 5 nitrogen and oxygen atoms in total. The molecule has 0 spiro atoms. The summed E-state index contributed by atoms with van der Waals surface area (Å²) in [5.74, 6) is -0.381. The smallest absolute Gasteiger partial charge is 0.371 e.